The fraction of sp³-hybridized carbons (Fsp3) is 0.438. The number of carboxylic acids is 1. The molecule has 0 bridgehead atoms. The summed E-state index contributed by atoms with van der Waals surface area (Å²) in [7, 11) is 0. The summed E-state index contributed by atoms with van der Waals surface area (Å²) in [5.74, 6) is -1.32. The minimum atomic E-state index is -1.03. The van der Waals surface area contributed by atoms with Gasteiger partial charge < -0.3 is 10.0 Å². The van der Waals surface area contributed by atoms with Crippen molar-refractivity contribution in [2.75, 3.05) is 4.90 Å². The molecular weight excluding hydrogens is 257 g/mol. The predicted octanol–water partition coefficient (Wildman–Crippen LogP) is 3.69. The van der Waals surface area contributed by atoms with Crippen LogP contribution >= 0.6 is 0 Å². The molecule has 4 heteroatoms. The average Bonchev–Trinajstić information content (AvgIpc) is 2.77. The largest absolute Gasteiger partial charge is 0.478 e. The Hall–Kier alpha value is -1.84. The van der Waals surface area contributed by atoms with Crippen LogP contribution in [-0.2, 0) is 4.79 Å². The van der Waals surface area contributed by atoms with Gasteiger partial charge in [-0.05, 0) is 50.0 Å². The van der Waals surface area contributed by atoms with Gasteiger partial charge in [0.1, 0.15) is 5.82 Å². The number of carbonyl (C=O) groups is 1. The smallest absolute Gasteiger partial charge is 0.328 e. The standard InChI is InChI=1S/C16H20FNO2/c1-3-13-7-4-11(2)18(13)15-8-5-12(10-14(15)17)6-9-16(19)20/h5-6,8-11,13H,3-4,7H2,1-2H3,(H,19,20)/b9-6+. The van der Waals surface area contributed by atoms with E-state index in [1.807, 2.05) is 0 Å². The minimum absolute atomic E-state index is 0.287. The summed E-state index contributed by atoms with van der Waals surface area (Å²) >= 11 is 0. The van der Waals surface area contributed by atoms with Crippen molar-refractivity contribution in [3.63, 3.8) is 0 Å². The van der Waals surface area contributed by atoms with Gasteiger partial charge in [-0.3, -0.25) is 0 Å². The van der Waals surface area contributed by atoms with E-state index in [1.54, 1.807) is 12.1 Å². The second-order valence-electron chi connectivity index (χ2n) is 5.28. The van der Waals surface area contributed by atoms with E-state index >= 15 is 0 Å². The zero-order chi connectivity index (χ0) is 14.7. The van der Waals surface area contributed by atoms with Crippen LogP contribution in [-0.4, -0.2) is 23.2 Å². The first kappa shape index (κ1) is 14.6. The molecule has 20 heavy (non-hydrogen) atoms. The summed E-state index contributed by atoms with van der Waals surface area (Å²) in [5, 5.41) is 8.58. The molecular formula is C16H20FNO2. The number of halogens is 1. The highest BCUT2D eigenvalue weighted by Crippen LogP contribution is 2.34. The third-order valence-corrected chi connectivity index (χ3v) is 3.93. The summed E-state index contributed by atoms with van der Waals surface area (Å²) in [6.45, 7) is 4.24. The summed E-state index contributed by atoms with van der Waals surface area (Å²) in [5.41, 5.74) is 1.18. The van der Waals surface area contributed by atoms with Crippen LogP contribution in [0.4, 0.5) is 10.1 Å². The molecule has 0 radical (unpaired) electrons. The number of hydrogen-bond acceptors (Lipinski definition) is 2. The molecule has 1 aliphatic rings. The van der Waals surface area contributed by atoms with Crippen LogP contribution in [0, 0.1) is 5.82 Å². The third-order valence-electron chi connectivity index (χ3n) is 3.93. The summed E-state index contributed by atoms with van der Waals surface area (Å²) in [4.78, 5) is 12.6. The molecule has 1 aromatic carbocycles. The van der Waals surface area contributed by atoms with Gasteiger partial charge in [-0.1, -0.05) is 13.0 Å². The van der Waals surface area contributed by atoms with Crippen molar-refractivity contribution < 1.29 is 14.3 Å². The molecule has 0 aliphatic carbocycles. The quantitative estimate of drug-likeness (QED) is 0.853. The molecule has 0 saturated carbocycles. The topological polar surface area (TPSA) is 40.5 Å². The predicted molar refractivity (Wildman–Crippen MR) is 78.3 cm³/mol. The SMILES string of the molecule is CCC1CCC(C)N1c1ccc(/C=C/C(=O)O)cc1F. The molecule has 108 valence electrons. The van der Waals surface area contributed by atoms with Gasteiger partial charge in [0.25, 0.3) is 0 Å². The van der Waals surface area contributed by atoms with Gasteiger partial charge in [0.05, 0.1) is 5.69 Å². The lowest BCUT2D eigenvalue weighted by Crippen LogP contribution is -2.34. The Morgan fingerprint density at radius 1 is 1.50 bits per heavy atom. The van der Waals surface area contributed by atoms with E-state index in [4.69, 9.17) is 5.11 Å². The molecule has 2 atom stereocenters. The maximum atomic E-state index is 14.3. The monoisotopic (exact) mass is 277 g/mol. The van der Waals surface area contributed by atoms with Crippen molar-refractivity contribution in [2.45, 2.75) is 45.2 Å². The Balaban J connectivity index is 2.27. The number of hydrogen-bond donors (Lipinski definition) is 1. The zero-order valence-corrected chi connectivity index (χ0v) is 11.8. The van der Waals surface area contributed by atoms with Gasteiger partial charge in [-0.25, -0.2) is 9.18 Å². The number of carboxylic acid groups (broad SMARTS) is 1. The van der Waals surface area contributed by atoms with Crippen LogP contribution < -0.4 is 4.90 Å². The second-order valence-corrected chi connectivity index (χ2v) is 5.28. The number of aliphatic carboxylic acids is 1. The molecule has 1 N–H and O–H groups in total. The molecule has 1 fully saturated rings. The third kappa shape index (κ3) is 3.00. The van der Waals surface area contributed by atoms with E-state index in [0.29, 0.717) is 23.3 Å². The Kier molecular flexibility index (Phi) is 4.42. The van der Waals surface area contributed by atoms with E-state index in [2.05, 4.69) is 18.7 Å². The molecule has 1 heterocycles. The normalized spacial score (nSPS) is 22.6. The molecule has 1 aliphatic heterocycles. The summed E-state index contributed by atoms with van der Waals surface area (Å²) in [6, 6.07) is 5.64. The van der Waals surface area contributed by atoms with Crippen LogP contribution in [0.3, 0.4) is 0 Å². The van der Waals surface area contributed by atoms with Crippen LogP contribution in [0.2, 0.25) is 0 Å². The van der Waals surface area contributed by atoms with Crippen LogP contribution in [0.15, 0.2) is 24.3 Å². The average molecular weight is 277 g/mol. The number of benzene rings is 1. The van der Waals surface area contributed by atoms with Gasteiger partial charge >= 0.3 is 5.97 Å². The molecule has 2 unspecified atom stereocenters. The van der Waals surface area contributed by atoms with Crippen molar-refractivity contribution in [1.82, 2.24) is 0 Å². The van der Waals surface area contributed by atoms with Gasteiger partial charge in [0.2, 0.25) is 0 Å². The van der Waals surface area contributed by atoms with Crippen LogP contribution in [0.25, 0.3) is 6.08 Å². The van der Waals surface area contributed by atoms with E-state index in [1.165, 1.54) is 12.1 Å². The zero-order valence-electron chi connectivity index (χ0n) is 11.8. The highest BCUT2D eigenvalue weighted by molar-refractivity contribution is 5.85. The highest BCUT2D eigenvalue weighted by Gasteiger charge is 2.30. The summed E-state index contributed by atoms with van der Waals surface area (Å²) in [6.07, 6.45) is 5.60. The molecule has 2 rings (SSSR count). The molecule has 3 nitrogen and oxygen atoms in total. The van der Waals surface area contributed by atoms with E-state index in [0.717, 1.165) is 25.3 Å². The van der Waals surface area contributed by atoms with Crippen LogP contribution in [0.5, 0.6) is 0 Å². The van der Waals surface area contributed by atoms with Crippen molar-refractivity contribution in [3.8, 4) is 0 Å². The lowest BCUT2D eigenvalue weighted by Gasteiger charge is -2.30. The summed E-state index contributed by atoms with van der Waals surface area (Å²) < 4.78 is 14.3. The second kappa shape index (κ2) is 6.07. The van der Waals surface area contributed by atoms with Gasteiger partial charge in [0, 0.05) is 18.2 Å². The Labute approximate surface area is 118 Å². The maximum absolute atomic E-state index is 14.3. The maximum Gasteiger partial charge on any atom is 0.328 e. The lowest BCUT2D eigenvalue weighted by atomic mass is 10.1. The number of rotatable bonds is 4. The number of anilines is 1. The fourth-order valence-electron chi connectivity index (χ4n) is 2.91. The Bertz CT molecular complexity index is 527. The van der Waals surface area contributed by atoms with Gasteiger partial charge in [0.15, 0.2) is 0 Å². The Morgan fingerprint density at radius 3 is 2.85 bits per heavy atom. The van der Waals surface area contributed by atoms with Crippen molar-refractivity contribution in [3.05, 3.63) is 35.7 Å². The highest BCUT2D eigenvalue weighted by atomic mass is 19.1. The van der Waals surface area contributed by atoms with E-state index in [-0.39, 0.29) is 5.82 Å². The Morgan fingerprint density at radius 2 is 2.25 bits per heavy atom. The molecule has 1 aromatic rings. The van der Waals surface area contributed by atoms with E-state index in [9.17, 15) is 9.18 Å². The first-order valence-electron chi connectivity index (χ1n) is 7.01. The first-order chi connectivity index (χ1) is 9.52. The molecule has 0 aromatic heterocycles. The van der Waals surface area contributed by atoms with Crippen molar-refractivity contribution in [2.24, 2.45) is 0 Å². The van der Waals surface area contributed by atoms with Crippen LogP contribution in [0.1, 0.15) is 38.7 Å². The van der Waals surface area contributed by atoms with Gasteiger partial charge in [-0.2, -0.15) is 0 Å². The van der Waals surface area contributed by atoms with Crippen molar-refractivity contribution in [1.29, 1.82) is 0 Å². The molecule has 0 amide bonds. The van der Waals surface area contributed by atoms with E-state index < -0.39 is 5.97 Å². The van der Waals surface area contributed by atoms with Crippen molar-refractivity contribution >= 4 is 17.7 Å². The fourth-order valence-corrected chi connectivity index (χ4v) is 2.91. The molecule has 1 saturated heterocycles. The lowest BCUT2D eigenvalue weighted by molar-refractivity contribution is -0.131. The first-order valence-corrected chi connectivity index (χ1v) is 7.01. The molecule has 0 spiro atoms. The minimum Gasteiger partial charge on any atom is -0.478 e. The number of nitrogens with zero attached hydrogens (tertiary/aromatic N) is 1. The van der Waals surface area contributed by atoms with Gasteiger partial charge in [-0.15, -0.1) is 0 Å².